The smallest absolute Gasteiger partial charge is 0.344 e. The molecule has 2 aromatic rings. The van der Waals surface area contributed by atoms with Crippen molar-refractivity contribution in [2.45, 2.75) is 13.0 Å². The van der Waals surface area contributed by atoms with Crippen LogP contribution in [-0.4, -0.2) is 34.4 Å². The molecular weight excluding hydrogens is 312 g/mol. The van der Waals surface area contributed by atoms with Crippen molar-refractivity contribution in [3.05, 3.63) is 59.7 Å². The van der Waals surface area contributed by atoms with Crippen LogP contribution in [0, 0.1) is 0 Å². The Balaban J connectivity index is 1.94. The van der Waals surface area contributed by atoms with Crippen molar-refractivity contribution in [3.8, 4) is 11.5 Å². The quantitative estimate of drug-likeness (QED) is 0.555. The van der Waals surface area contributed by atoms with E-state index in [0.717, 1.165) is 0 Å². The van der Waals surface area contributed by atoms with E-state index in [9.17, 15) is 14.7 Å². The van der Waals surface area contributed by atoms with Gasteiger partial charge in [0.2, 0.25) is 0 Å². The van der Waals surface area contributed by atoms with Gasteiger partial charge in [-0.15, -0.1) is 0 Å². The monoisotopic (exact) mass is 328 g/mol. The number of hydrogen-bond donors (Lipinski definition) is 3. The first-order chi connectivity index (χ1) is 11.5. The lowest BCUT2D eigenvalue weighted by Gasteiger charge is -2.09. The highest BCUT2D eigenvalue weighted by atomic mass is 16.5. The molecule has 3 N–H and O–H groups in total. The van der Waals surface area contributed by atoms with Gasteiger partial charge >= 0.3 is 5.97 Å². The van der Waals surface area contributed by atoms with E-state index in [0.29, 0.717) is 11.3 Å². The van der Waals surface area contributed by atoms with E-state index >= 15 is 0 Å². The molecule has 0 aliphatic heterocycles. The van der Waals surface area contributed by atoms with Gasteiger partial charge in [-0.3, -0.25) is 4.79 Å². The third kappa shape index (κ3) is 4.57. The van der Waals surface area contributed by atoms with Crippen LogP contribution in [0.5, 0.6) is 11.5 Å². The summed E-state index contributed by atoms with van der Waals surface area (Å²) in [6.45, 7) is 1.44. The molecule has 2 aromatic carbocycles. The molecule has 124 valence electrons. The molecule has 0 fully saturated rings. The van der Waals surface area contributed by atoms with Crippen LogP contribution >= 0.6 is 0 Å². The first-order valence-corrected chi connectivity index (χ1v) is 7.08. The second-order valence-electron chi connectivity index (χ2n) is 4.88. The number of benzene rings is 2. The largest absolute Gasteiger partial charge is 0.507 e. The molecule has 7 nitrogen and oxygen atoms in total. The number of phenols is 1. The summed E-state index contributed by atoms with van der Waals surface area (Å²) in [5, 5.41) is 22.2. The summed E-state index contributed by atoms with van der Waals surface area (Å²) >= 11 is 0. The Hall–Kier alpha value is -3.35. The van der Waals surface area contributed by atoms with E-state index in [4.69, 9.17) is 9.84 Å². The minimum absolute atomic E-state index is 0.126. The van der Waals surface area contributed by atoms with Crippen molar-refractivity contribution in [2.24, 2.45) is 5.10 Å². The summed E-state index contributed by atoms with van der Waals surface area (Å²) in [7, 11) is 0. The molecule has 2 rings (SSSR count). The van der Waals surface area contributed by atoms with Crippen LogP contribution in [0.3, 0.4) is 0 Å². The van der Waals surface area contributed by atoms with Crippen LogP contribution in [0.1, 0.15) is 22.8 Å². The molecule has 1 amide bonds. The third-order valence-electron chi connectivity index (χ3n) is 3.07. The van der Waals surface area contributed by atoms with Gasteiger partial charge in [-0.2, -0.15) is 5.10 Å². The van der Waals surface area contributed by atoms with E-state index in [2.05, 4.69) is 10.5 Å². The molecule has 7 heteroatoms. The van der Waals surface area contributed by atoms with Gasteiger partial charge < -0.3 is 14.9 Å². The Morgan fingerprint density at radius 3 is 2.46 bits per heavy atom. The van der Waals surface area contributed by atoms with Crippen molar-refractivity contribution in [3.63, 3.8) is 0 Å². The number of aromatic hydroxyl groups is 1. The zero-order valence-electron chi connectivity index (χ0n) is 12.8. The molecule has 0 heterocycles. The van der Waals surface area contributed by atoms with Gasteiger partial charge in [0.1, 0.15) is 11.5 Å². The normalized spacial score (nSPS) is 11.9. The number of hydrazone groups is 1. The summed E-state index contributed by atoms with van der Waals surface area (Å²) in [6.07, 6.45) is 0.477. The number of carbonyl (C=O) groups excluding carboxylic acids is 1. The fraction of sp³-hybridized carbons (Fsp3) is 0.118. The molecule has 0 saturated carbocycles. The Morgan fingerprint density at radius 2 is 1.83 bits per heavy atom. The number of carboxylic acids is 1. The topological polar surface area (TPSA) is 108 Å². The van der Waals surface area contributed by atoms with E-state index < -0.39 is 18.0 Å². The molecule has 0 radical (unpaired) electrons. The maximum atomic E-state index is 11.8. The summed E-state index contributed by atoms with van der Waals surface area (Å²) in [5.41, 5.74) is 3.12. The number of hydrogen-bond acceptors (Lipinski definition) is 5. The second kappa shape index (κ2) is 7.77. The van der Waals surface area contributed by atoms with Crippen molar-refractivity contribution in [1.82, 2.24) is 5.43 Å². The van der Waals surface area contributed by atoms with Crippen LogP contribution in [0.15, 0.2) is 53.6 Å². The number of nitrogens with one attached hydrogen (secondary N) is 1. The SMILES string of the molecule is C[C@@H](Oc1ccc(/C=N/NC(=O)c2ccccc2O)cc1)C(=O)O. The third-order valence-corrected chi connectivity index (χ3v) is 3.07. The second-order valence-corrected chi connectivity index (χ2v) is 4.88. The first-order valence-electron chi connectivity index (χ1n) is 7.08. The lowest BCUT2D eigenvalue weighted by Crippen LogP contribution is -2.22. The maximum absolute atomic E-state index is 11.8. The highest BCUT2D eigenvalue weighted by Crippen LogP contribution is 2.15. The molecule has 0 saturated heterocycles. The molecule has 24 heavy (non-hydrogen) atoms. The minimum atomic E-state index is -1.05. The van der Waals surface area contributed by atoms with Gasteiger partial charge in [0, 0.05) is 0 Å². The van der Waals surface area contributed by atoms with Crippen molar-refractivity contribution in [1.29, 1.82) is 0 Å². The average Bonchev–Trinajstić information content (AvgIpc) is 2.56. The standard InChI is InChI=1S/C17H16N2O5/c1-11(17(22)23)24-13-8-6-12(7-9-13)10-18-19-16(21)14-4-2-3-5-15(14)20/h2-11,20H,1H3,(H,19,21)(H,22,23)/b18-10+/t11-/m1/s1. The van der Waals surface area contributed by atoms with Gasteiger partial charge in [-0.05, 0) is 48.9 Å². The number of aliphatic carboxylic acids is 1. The lowest BCUT2D eigenvalue weighted by atomic mass is 10.2. The van der Waals surface area contributed by atoms with Gasteiger partial charge in [0.05, 0.1) is 11.8 Å². The summed E-state index contributed by atoms with van der Waals surface area (Å²) in [5.74, 6) is -1.29. The van der Waals surface area contributed by atoms with E-state index in [-0.39, 0.29) is 11.3 Å². The Bertz CT molecular complexity index is 756. The zero-order chi connectivity index (χ0) is 17.5. The van der Waals surface area contributed by atoms with Crippen LogP contribution in [0.25, 0.3) is 0 Å². The van der Waals surface area contributed by atoms with Crippen LogP contribution in [0.4, 0.5) is 0 Å². The predicted octanol–water partition coefficient (Wildman–Crippen LogP) is 2.01. The fourth-order valence-corrected chi connectivity index (χ4v) is 1.78. The van der Waals surface area contributed by atoms with Crippen molar-refractivity contribution >= 4 is 18.1 Å². The zero-order valence-corrected chi connectivity index (χ0v) is 12.8. The van der Waals surface area contributed by atoms with Crippen LogP contribution in [-0.2, 0) is 4.79 Å². The molecular formula is C17H16N2O5. The van der Waals surface area contributed by atoms with Gasteiger partial charge in [0.25, 0.3) is 5.91 Å². The summed E-state index contributed by atoms with van der Waals surface area (Å²) in [4.78, 5) is 22.5. The minimum Gasteiger partial charge on any atom is -0.507 e. The van der Waals surface area contributed by atoms with Gasteiger partial charge in [0.15, 0.2) is 6.10 Å². The lowest BCUT2D eigenvalue weighted by molar-refractivity contribution is -0.144. The fourth-order valence-electron chi connectivity index (χ4n) is 1.78. The van der Waals surface area contributed by atoms with E-state index in [1.807, 2.05) is 0 Å². The number of phenolic OH excluding ortho intramolecular Hbond substituents is 1. The maximum Gasteiger partial charge on any atom is 0.344 e. The number of amides is 1. The number of nitrogens with zero attached hydrogens (tertiary/aromatic N) is 1. The van der Waals surface area contributed by atoms with E-state index in [1.54, 1.807) is 36.4 Å². The van der Waals surface area contributed by atoms with Crippen molar-refractivity contribution < 1.29 is 24.5 Å². The number of rotatable bonds is 6. The number of carbonyl (C=O) groups is 2. The Kier molecular flexibility index (Phi) is 5.51. The Morgan fingerprint density at radius 1 is 1.17 bits per heavy atom. The van der Waals surface area contributed by atoms with E-state index in [1.165, 1.54) is 25.3 Å². The number of para-hydroxylation sites is 1. The van der Waals surface area contributed by atoms with Crippen LogP contribution in [0.2, 0.25) is 0 Å². The number of ether oxygens (including phenoxy) is 1. The summed E-state index contributed by atoms with van der Waals surface area (Å²) in [6, 6.07) is 12.7. The molecule has 0 aliphatic carbocycles. The number of carboxylic acid groups (broad SMARTS) is 1. The highest BCUT2D eigenvalue weighted by Gasteiger charge is 2.12. The van der Waals surface area contributed by atoms with Gasteiger partial charge in [-0.25, -0.2) is 10.2 Å². The highest BCUT2D eigenvalue weighted by molar-refractivity contribution is 5.97. The molecule has 0 aliphatic rings. The first kappa shape index (κ1) is 17.0. The summed E-state index contributed by atoms with van der Waals surface area (Å²) < 4.78 is 5.20. The molecule has 1 atom stereocenters. The molecule has 0 spiro atoms. The average molecular weight is 328 g/mol. The molecule has 0 aromatic heterocycles. The van der Waals surface area contributed by atoms with Gasteiger partial charge in [-0.1, -0.05) is 12.1 Å². The van der Waals surface area contributed by atoms with Crippen LogP contribution < -0.4 is 10.2 Å². The molecule has 0 bridgehead atoms. The predicted molar refractivity (Wildman–Crippen MR) is 87.3 cm³/mol. The Labute approximate surface area is 138 Å². The van der Waals surface area contributed by atoms with Crippen molar-refractivity contribution in [2.75, 3.05) is 0 Å². The molecule has 0 unspecified atom stereocenters.